The molecule has 5 heteroatoms. The number of nitrogen functional groups attached to an aromatic ring is 1. The Hall–Kier alpha value is -1.10. The minimum atomic E-state index is -1.02. The first-order valence-corrected chi connectivity index (χ1v) is 6.93. The van der Waals surface area contributed by atoms with Gasteiger partial charge in [0.1, 0.15) is 5.00 Å². The van der Waals surface area contributed by atoms with Gasteiger partial charge in [-0.05, 0) is 37.0 Å². The Morgan fingerprint density at radius 1 is 1.47 bits per heavy atom. The lowest BCUT2D eigenvalue weighted by atomic mass is 9.87. The maximum atomic E-state index is 10.9. The summed E-state index contributed by atoms with van der Waals surface area (Å²) >= 11 is 1.34. The smallest absolute Gasteiger partial charge is 0.357 e. The maximum absolute atomic E-state index is 10.9. The van der Waals surface area contributed by atoms with Gasteiger partial charge in [-0.15, -0.1) is 11.3 Å². The second kappa shape index (κ2) is 3.98. The van der Waals surface area contributed by atoms with Gasteiger partial charge < -0.3 is 10.8 Å². The molecule has 2 aliphatic rings. The van der Waals surface area contributed by atoms with Crippen molar-refractivity contribution in [1.29, 1.82) is 0 Å². The van der Waals surface area contributed by atoms with E-state index in [-0.39, 0.29) is 5.69 Å². The summed E-state index contributed by atoms with van der Waals surface area (Å²) in [5.74, 6) is 1.46. The minimum absolute atomic E-state index is 0.0353. The van der Waals surface area contributed by atoms with Crippen molar-refractivity contribution in [3.05, 3.63) is 10.7 Å². The molecule has 2 saturated carbocycles. The molecule has 92 valence electrons. The van der Waals surface area contributed by atoms with Gasteiger partial charge in [0.05, 0.1) is 5.01 Å². The van der Waals surface area contributed by atoms with E-state index in [1.807, 2.05) is 0 Å². The molecule has 1 heterocycles. The van der Waals surface area contributed by atoms with Gasteiger partial charge in [-0.1, -0.05) is 6.42 Å². The van der Waals surface area contributed by atoms with Crippen LogP contribution in [0, 0.1) is 17.8 Å². The molecular formula is C12H16N2O2S. The molecule has 0 spiro atoms. The highest BCUT2D eigenvalue weighted by atomic mass is 32.1. The Labute approximate surface area is 104 Å². The molecule has 17 heavy (non-hydrogen) atoms. The Bertz CT molecular complexity index is 457. The lowest BCUT2D eigenvalue weighted by molar-refractivity contribution is 0.0692. The molecule has 0 radical (unpaired) electrons. The number of aromatic carboxylic acids is 1. The molecule has 0 aliphatic heterocycles. The van der Waals surface area contributed by atoms with Crippen LogP contribution in [0.25, 0.3) is 0 Å². The number of rotatable bonds is 3. The summed E-state index contributed by atoms with van der Waals surface area (Å²) in [6.07, 6.45) is 6.33. The Balaban J connectivity index is 1.73. The lowest BCUT2D eigenvalue weighted by Gasteiger charge is -2.20. The van der Waals surface area contributed by atoms with Crippen molar-refractivity contribution in [2.45, 2.75) is 32.1 Å². The van der Waals surface area contributed by atoms with E-state index in [0.717, 1.165) is 23.3 Å². The zero-order valence-corrected chi connectivity index (χ0v) is 10.4. The van der Waals surface area contributed by atoms with Crippen LogP contribution >= 0.6 is 11.3 Å². The number of anilines is 1. The van der Waals surface area contributed by atoms with E-state index in [0.29, 0.717) is 10.9 Å². The second-order valence-electron chi connectivity index (χ2n) is 5.26. The maximum Gasteiger partial charge on any atom is 0.357 e. The van der Waals surface area contributed by atoms with Gasteiger partial charge in [0, 0.05) is 6.42 Å². The van der Waals surface area contributed by atoms with Crippen molar-refractivity contribution in [3.8, 4) is 0 Å². The van der Waals surface area contributed by atoms with Gasteiger partial charge in [-0.3, -0.25) is 0 Å². The molecule has 2 bridgehead atoms. The first-order chi connectivity index (χ1) is 8.13. The molecule has 0 amide bonds. The topological polar surface area (TPSA) is 76.2 Å². The molecule has 2 aliphatic carbocycles. The molecule has 1 aromatic heterocycles. The summed E-state index contributed by atoms with van der Waals surface area (Å²) in [6.45, 7) is 0. The van der Waals surface area contributed by atoms with Crippen molar-refractivity contribution in [1.82, 2.24) is 4.98 Å². The number of aromatic nitrogens is 1. The number of hydrogen-bond acceptors (Lipinski definition) is 4. The van der Waals surface area contributed by atoms with E-state index in [9.17, 15) is 4.79 Å². The fraction of sp³-hybridized carbons (Fsp3) is 0.667. The average Bonchev–Trinajstić information content (AvgIpc) is 2.93. The zero-order chi connectivity index (χ0) is 12.0. The Morgan fingerprint density at radius 2 is 2.29 bits per heavy atom. The summed E-state index contributed by atoms with van der Waals surface area (Å²) < 4.78 is 0. The standard InChI is InChI=1S/C12H16N2O2S/c13-11-10(12(15)16)14-9(17-11)5-8-4-6-1-2-7(8)3-6/h6-8H,1-5,13H2,(H,15,16). The third-order valence-electron chi connectivity index (χ3n) is 4.22. The number of carboxylic acid groups (broad SMARTS) is 1. The summed E-state index contributed by atoms with van der Waals surface area (Å²) in [6, 6.07) is 0. The van der Waals surface area contributed by atoms with Crippen LogP contribution in [0.15, 0.2) is 0 Å². The van der Waals surface area contributed by atoms with Crippen molar-refractivity contribution in [3.63, 3.8) is 0 Å². The van der Waals surface area contributed by atoms with Crippen LogP contribution in [0.5, 0.6) is 0 Å². The fourth-order valence-corrected chi connectivity index (χ4v) is 4.39. The zero-order valence-electron chi connectivity index (χ0n) is 9.56. The first-order valence-electron chi connectivity index (χ1n) is 6.12. The van der Waals surface area contributed by atoms with E-state index in [1.165, 1.54) is 37.0 Å². The molecule has 0 saturated heterocycles. The number of fused-ring (bicyclic) bond motifs is 2. The van der Waals surface area contributed by atoms with Crippen LogP contribution in [0.3, 0.4) is 0 Å². The third kappa shape index (κ3) is 1.92. The van der Waals surface area contributed by atoms with Gasteiger partial charge in [0.25, 0.3) is 0 Å². The molecule has 0 aromatic carbocycles. The molecule has 3 rings (SSSR count). The molecule has 1 aromatic rings. The summed E-state index contributed by atoms with van der Waals surface area (Å²) in [4.78, 5) is 15.0. The molecule has 3 N–H and O–H groups in total. The van der Waals surface area contributed by atoms with Gasteiger partial charge in [0.15, 0.2) is 5.69 Å². The second-order valence-corrected chi connectivity index (χ2v) is 6.38. The van der Waals surface area contributed by atoms with Crippen LogP contribution < -0.4 is 5.73 Å². The van der Waals surface area contributed by atoms with Gasteiger partial charge in [-0.2, -0.15) is 0 Å². The summed E-state index contributed by atoms with van der Waals surface area (Å²) in [5.41, 5.74) is 5.70. The number of nitrogens with zero attached hydrogens (tertiary/aromatic N) is 1. The summed E-state index contributed by atoms with van der Waals surface area (Å²) in [5, 5.41) is 10.2. The van der Waals surface area contributed by atoms with Crippen LogP contribution in [-0.4, -0.2) is 16.1 Å². The SMILES string of the molecule is Nc1sc(CC2CC3CCC2C3)nc1C(=O)O. The molecule has 4 nitrogen and oxygen atoms in total. The van der Waals surface area contributed by atoms with Crippen molar-refractivity contribution < 1.29 is 9.90 Å². The van der Waals surface area contributed by atoms with Crippen molar-refractivity contribution in [2.75, 3.05) is 5.73 Å². The number of carbonyl (C=O) groups is 1. The van der Waals surface area contributed by atoms with E-state index in [2.05, 4.69) is 4.98 Å². The van der Waals surface area contributed by atoms with Crippen molar-refractivity contribution in [2.24, 2.45) is 17.8 Å². The van der Waals surface area contributed by atoms with E-state index >= 15 is 0 Å². The molecule has 3 atom stereocenters. The largest absolute Gasteiger partial charge is 0.476 e. The van der Waals surface area contributed by atoms with Crippen LogP contribution in [-0.2, 0) is 6.42 Å². The Morgan fingerprint density at radius 3 is 2.82 bits per heavy atom. The van der Waals surface area contributed by atoms with E-state index in [1.54, 1.807) is 0 Å². The number of hydrogen-bond donors (Lipinski definition) is 2. The highest BCUT2D eigenvalue weighted by Crippen LogP contribution is 2.49. The van der Waals surface area contributed by atoms with E-state index < -0.39 is 5.97 Å². The highest BCUT2D eigenvalue weighted by molar-refractivity contribution is 7.15. The van der Waals surface area contributed by atoms with Crippen LogP contribution in [0.2, 0.25) is 0 Å². The van der Waals surface area contributed by atoms with Gasteiger partial charge >= 0.3 is 5.97 Å². The molecule has 2 fully saturated rings. The average molecular weight is 252 g/mol. The Kier molecular flexibility index (Phi) is 2.58. The molecular weight excluding hydrogens is 236 g/mol. The van der Waals surface area contributed by atoms with E-state index in [4.69, 9.17) is 10.8 Å². The summed E-state index contributed by atoms with van der Waals surface area (Å²) in [7, 11) is 0. The highest BCUT2D eigenvalue weighted by Gasteiger charge is 2.39. The van der Waals surface area contributed by atoms with Gasteiger partial charge in [-0.25, -0.2) is 9.78 Å². The minimum Gasteiger partial charge on any atom is -0.476 e. The van der Waals surface area contributed by atoms with Crippen molar-refractivity contribution >= 4 is 22.3 Å². The number of carboxylic acids is 1. The lowest BCUT2D eigenvalue weighted by Crippen LogP contribution is -2.13. The monoisotopic (exact) mass is 252 g/mol. The predicted molar refractivity (Wildman–Crippen MR) is 66.1 cm³/mol. The third-order valence-corrected chi connectivity index (χ3v) is 5.13. The number of thiazole rings is 1. The quantitative estimate of drug-likeness (QED) is 0.866. The predicted octanol–water partition coefficient (Wildman–Crippen LogP) is 2.40. The molecule has 3 unspecified atom stereocenters. The normalized spacial score (nSPS) is 30.9. The number of nitrogens with two attached hydrogens (primary N) is 1. The first kappa shape index (κ1) is 11.0. The van der Waals surface area contributed by atoms with Gasteiger partial charge in [0.2, 0.25) is 0 Å². The fourth-order valence-electron chi connectivity index (χ4n) is 3.47. The van der Waals surface area contributed by atoms with Crippen LogP contribution in [0.4, 0.5) is 5.00 Å². The van der Waals surface area contributed by atoms with Crippen LogP contribution in [0.1, 0.15) is 41.2 Å².